The Morgan fingerprint density at radius 1 is 0.956 bits per heavy atom. The van der Waals surface area contributed by atoms with Gasteiger partial charge in [-0.3, -0.25) is 19.2 Å². The lowest BCUT2D eigenvalue weighted by Crippen LogP contribution is -2.69. The average Bonchev–Trinajstić information content (AvgIpc) is 2.95. The van der Waals surface area contributed by atoms with Crippen LogP contribution in [-0.4, -0.2) is 79.7 Å². The first-order valence-corrected chi connectivity index (χ1v) is 12.7. The quantitative estimate of drug-likeness (QED) is 0.0506. The first-order chi connectivity index (χ1) is 21.0. The molecule has 0 bridgehead atoms. The maximum absolute atomic E-state index is 14.5. The van der Waals surface area contributed by atoms with Crippen LogP contribution in [-0.2, 0) is 59.0 Å². The van der Waals surface area contributed by atoms with E-state index in [0.29, 0.717) is 0 Å². The highest BCUT2D eigenvalue weighted by Crippen LogP contribution is 2.38. The normalized spacial score (nSPS) is 22.2. The number of esters is 4. The van der Waals surface area contributed by atoms with Gasteiger partial charge in [-0.1, -0.05) is 5.11 Å². The van der Waals surface area contributed by atoms with E-state index in [-0.39, 0.29) is 0 Å². The molecule has 0 aliphatic carbocycles. The fraction of sp³-hybridized carbons (Fsp3) is 0.560. The van der Waals surface area contributed by atoms with Crippen LogP contribution < -0.4 is 5.32 Å². The van der Waals surface area contributed by atoms with Crippen LogP contribution in [0.4, 0.5) is 22.0 Å². The van der Waals surface area contributed by atoms with Crippen molar-refractivity contribution in [1.82, 2.24) is 5.32 Å². The summed E-state index contributed by atoms with van der Waals surface area (Å²) in [4.78, 5) is 64.1. The van der Waals surface area contributed by atoms with Gasteiger partial charge in [0.25, 0.3) is 5.79 Å². The van der Waals surface area contributed by atoms with E-state index >= 15 is 0 Å². The fourth-order valence-corrected chi connectivity index (χ4v) is 4.44. The van der Waals surface area contributed by atoms with E-state index in [1.807, 2.05) is 0 Å². The number of hydrogen-bond acceptors (Lipinski definition) is 12. The van der Waals surface area contributed by atoms with Crippen molar-refractivity contribution in [2.45, 2.75) is 77.0 Å². The third-order valence-corrected chi connectivity index (χ3v) is 6.12. The number of amides is 1. The van der Waals surface area contributed by atoms with Crippen molar-refractivity contribution in [3.05, 3.63) is 45.1 Å². The lowest BCUT2D eigenvalue weighted by molar-refractivity contribution is -0.317. The number of nitrogens with zero attached hydrogens (tertiary/aromatic N) is 3. The molecular formula is C25H27F5N4O11. The Labute approximate surface area is 250 Å². The first kappa shape index (κ1) is 36.6. The summed E-state index contributed by atoms with van der Waals surface area (Å²) in [5.41, 5.74) is 7.31. The standard InChI is InChI=1S/C25H27F5N4O11/c1-9(35)33-21-14(42-10(2)36)6-25(24(39)40-5,41-8-13-16(26)18(28)20(30)19(29)17(13)27)45-23(21)22(44-12(4)38)15(7-32-34-31)43-11(3)37/h14-15,21-23H,6-8H2,1-5H3,(H,33,35)/t14-,15+,21+,22+,23+,25+/m0/s1. The largest absolute Gasteiger partial charge is 0.465 e. The second-order valence-electron chi connectivity index (χ2n) is 9.38. The predicted molar refractivity (Wildman–Crippen MR) is 134 cm³/mol. The topological polar surface area (TPSA) is 202 Å². The van der Waals surface area contributed by atoms with Crippen molar-refractivity contribution in [2.24, 2.45) is 5.11 Å². The zero-order valence-corrected chi connectivity index (χ0v) is 24.2. The van der Waals surface area contributed by atoms with E-state index in [0.717, 1.165) is 34.8 Å². The number of azide groups is 1. The summed E-state index contributed by atoms with van der Waals surface area (Å²) in [6, 6.07) is -1.59. The minimum atomic E-state index is -2.95. The number of benzene rings is 1. The summed E-state index contributed by atoms with van der Waals surface area (Å²) in [5.74, 6) is -20.1. The number of halogens is 5. The van der Waals surface area contributed by atoms with E-state index < -0.39 is 120 Å². The minimum Gasteiger partial charge on any atom is -0.465 e. The zero-order valence-electron chi connectivity index (χ0n) is 24.2. The van der Waals surface area contributed by atoms with Gasteiger partial charge < -0.3 is 33.7 Å². The maximum Gasteiger partial charge on any atom is 0.366 e. The van der Waals surface area contributed by atoms with Crippen molar-refractivity contribution >= 4 is 29.8 Å². The van der Waals surface area contributed by atoms with Gasteiger partial charge in [0.15, 0.2) is 29.4 Å². The summed E-state index contributed by atoms with van der Waals surface area (Å²) >= 11 is 0. The van der Waals surface area contributed by atoms with Gasteiger partial charge in [0, 0.05) is 32.6 Å². The van der Waals surface area contributed by atoms with Crippen molar-refractivity contribution < 1.29 is 74.3 Å². The van der Waals surface area contributed by atoms with Gasteiger partial charge >= 0.3 is 23.9 Å². The molecule has 15 nitrogen and oxygen atoms in total. The Balaban J connectivity index is 2.82. The van der Waals surface area contributed by atoms with Crippen LogP contribution in [0.25, 0.3) is 10.4 Å². The SMILES string of the molecule is COC(=O)[C@@]1(OCc2c(F)c(F)c(F)c(F)c2F)C[C@H](OC(C)=O)[C@@H](NC(C)=O)[C@H]([C@H](OC(C)=O)[C@@H](CN=[N+]=[N-])OC(C)=O)O1. The van der Waals surface area contributed by atoms with Gasteiger partial charge in [0.2, 0.25) is 11.7 Å². The van der Waals surface area contributed by atoms with Crippen LogP contribution in [0, 0.1) is 29.1 Å². The number of carbonyl (C=O) groups is 5. The van der Waals surface area contributed by atoms with Crippen LogP contribution >= 0.6 is 0 Å². The van der Waals surface area contributed by atoms with Gasteiger partial charge in [0.1, 0.15) is 18.3 Å². The van der Waals surface area contributed by atoms with E-state index in [2.05, 4.69) is 15.3 Å². The van der Waals surface area contributed by atoms with Gasteiger partial charge in [-0.05, 0) is 5.53 Å². The van der Waals surface area contributed by atoms with Gasteiger partial charge in [0.05, 0.1) is 38.3 Å². The van der Waals surface area contributed by atoms with Crippen molar-refractivity contribution in [3.63, 3.8) is 0 Å². The molecule has 20 heteroatoms. The number of ether oxygens (including phenoxy) is 6. The molecule has 248 valence electrons. The summed E-state index contributed by atoms with van der Waals surface area (Å²) in [6.07, 6.45) is -8.25. The van der Waals surface area contributed by atoms with Gasteiger partial charge in [-0.15, -0.1) is 0 Å². The smallest absolute Gasteiger partial charge is 0.366 e. The second-order valence-corrected chi connectivity index (χ2v) is 9.38. The number of rotatable bonds is 12. The minimum absolute atomic E-state index is 0.741. The predicted octanol–water partition coefficient (Wildman–Crippen LogP) is 2.17. The van der Waals surface area contributed by atoms with Crippen molar-refractivity contribution in [3.8, 4) is 0 Å². The Kier molecular flexibility index (Phi) is 12.6. The molecule has 0 unspecified atom stereocenters. The number of hydrogen-bond donors (Lipinski definition) is 1. The molecule has 0 spiro atoms. The third-order valence-electron chi connectivity index (χ3n) is 6.12. The van der Waals surface area contributed by atoms with Crippen LogP contribution in [0.15, 0.2) is 5.11 Å². The number of carbonyl (C=O) groups excluding carboxylic acids is 5. The third kappa shape index (κ3) is 8.77. The lowest BCUT2D eigenvalue weighted by Gasteiger charge is -2.48. The molecule has 1 amide bonds. The summed E-state index contributed by atoms with van der Waals surface area (Å²) < 4.78 is 102. The molecular weight excluding hydrogens is 627 g/mol. The Bertz CT molecular complexity index is 1360. The van der Waals surface area contributed by atoms with Crippen LogP contribution in [0.5, 0.6) is 0 Å². The molecule has 1 aliphatic heterocycles. The zero-order chi connectivity index (χ0) is 34.2. The molecule has 1 saturated heterocycles. The van der Waals surface area contributed by atoms with E-state index in [4.69, 9.17) is 34.0 Å². The Hall–Kier alpha value is -4.55. The number of nitrogens with one attached hydrogen (secondary N) is 1. The van der Waals surface area contributed by atoms with E-state index in [1.165, 1.54) is 0 Å². The van der Waals surface area contributed by atoms with E-state index in [9.17, 15) is 45.9 Å². The highest BCUT2D eigenvalue weighted by Gasteiger charge is 2.59. The van der Waals surface area contributed by atoms with Crippen LogP contribution in [0.2, 0.25) is 0 Å². The molecule has 6 atom stereocenters. The highest BCUT2D eigenvalue weighted by atomic mass is 19.2. The molecule has 1 fully saturated rings. The monoisotopic (exact) mass is 654 g/mol. The lowest BCUT2D eigenvalue weighted by atomic mass is 9.87. The summed E-state index contributed by atoms with van der Waals surface area (Å²) in [6.45, 7) is 1.45. The highest BCUT2D eigenvalue weighted by molar-refractivity contribution is 5.79. The molecule has 45 heavy (non-hydrogen) atoms. The van der Waals surface area contributed by atoms with E-state index in [1.54, 1.807) is 0 Å². The summed E-state index contributed by atoms with van der Waals surface area (Å²) in [5, 5.41) is 5.65. The number of methoxy groups -OCH3 is 1. The maximum atomic E-state index is 14.5. The second kappa shape index (κ2) is 15.4. The van der Waals surface area contributed by atoms with Crippen LogP contribution in [0.3, 0.4) is 0 Å². The Morgan fingerprint density at radius 2 is 1.51 bits per heavy atom. The van der Waals surface area contributed by atoms with Crippen LogP contribution in [0.1, 0.15) is 39.7 Å². The molecule has 0 aromatic heterocycles. The molecule has 0 radical (unpaired) electrons. The molecule has 1 aromatic carbocycles. The summed E-state index contributed by atoms with van der Waals surface area (Å²) in [7, 11) is 0.789. The Morgan fingerprint density at radius 3 is 1.98 bits per heavy atom. The van der Waals surface area contributed by atoms with Crippen molar-refractivity contribution in [2.75, 3.05) is 13.7 Å². The molecule has 2 rings (SSSR count). The van der Waals surface area contributed by atoms with Crippen molar-refractivity contribution in [1.29, 1.82) is 0 Å². The molecule has 0 saturated carbocycles. The van der Waals surface area contributed by atoms with Gasteiger partial charge in [-0.25, -0.2) is 26.7 Å². The molecule has 1 aliphatic rings. The average molecular weight is 654 g/mol. The van der Waals surface area contributed by atoms with Gasteiger partial charge in [-0.2, -0.15) is 0 Å². The first-order valence-electron chi connectivity index (χ1n) is 12.7. The molecule has 1 N–H and O–H groups in total. The molecule has 1 aromatic rings. The molecule has 1 heterocycles. The fourth-order valence-electron chi connectivity index (χ4n) is 4.44.